The van der Waals surface area contributed by atoms with Crippen LogP contribution in [-0.4, -0.2) is 14.7 Å². The van der Waals surface area contributed by atoms with Crippen LogP contribution in [-0.2, 0) is 6.54 Å². The van der Waals surface area contributed by atoms with Gasteiger partial charge in [-0.05, 0) is 35.9 Å². The fraction of sp³-hybridized carbons (Fsp3) is 0.0588. The molecule has 7 heteroatoms. The maximum atomic E-state index is 12.0. The summed E-state index contributed by atoms with van der Waals surface area (Å²) in [4.78, 5) is 22.3. The number of nitro groups is 1. The van der Waals surface area contributed by atoms with Crippen molar-refractivity contribution in [2.24, 2.45) is 0 Å². The highest BCUT2D eigenvalue weighted by Crippen LogP contribution is 2.20. The molecule has 0 aliphatic heterocycles. The van der Waals surface area contributed by atoms with Gasteiger partial charge in [0.15, 0.2) is 0 Å². The Labute approximate surface area is 145 Å². The minimum absolute atomic E-state index is 0.0157. The molecule has 0 atom stereocenters. The Morgan fingerprint density at radius 1 is 1.00 bits per heavy atom. The molecule has 0 amide bonds. The SMILES string of the molecule is O=c1ccc(-c2ccc([N+](=O)[O-])cc2)nn1Cc1ccc(Br)cc1. The van der Waals surface area contributed by atoms with Gasteiger partial charge in [-0.1, -0.05) is 28.1 Å². The lowest BCUT2D eigenvalue weighted by Crippen LogP contribution is -2.22. The van der Waals surface area contributed by atoms with Crippen LogP contribution in [0.1, 0.15) is 5.56 Å². The van der Waals surface area contributed by atoms with Crippen molar-refractivity contribution in [3.63, 3.8) is 0 Å². The molecule has 0 unspecified atom stereocenters. The first kappa shape index (κ1) is 16.1. The lowest BCUT2D eigenvalue weighted by atomic mass is 10.1. The summed E-state index contributed by atoms with van der Waals surface area (Å²) in [6.07, 6.45) is 0. The van der Waals surface area contributed by atoms with Crippen LogP contribution < -0.4 is 5.56 Å². The predicted molar refractivity (Wildman–Crippen MR) is 93.8 cm³/mol. The van der Waals surface area contributed by atoms with E-state index >= 15 is 0 Å². The van der Waals surface area contributed by atoms with Gasteiger partial charge in [-0.15, -0.1) is 0 Å². The Hall–Kier alpha value is -2.80. The summed E-state index contributed by atoms with van der Waals surface area (Å²) in [6, 6.07) is 16.8. The Morgan fingerprint density at radius 3 is 2.29 bits per heavy atom. The van der Waals surface area contributed by atoms with Crippen molar-refractivity contribution in [1.82, 2.24) is 9.78 Å². The summed E-state index contributed by atoms with van der Waals surface area (Å²) in [7, 11) is 0. The van der Waals surface area contributed by atoms with Crippen molar-refractivity contribution in [3.05, 3.63) is 91.2 Å². The van der Waals surface area contributed by atoms with Crippen molar-refractivity contribution in [2.75, 3.05) is 0 Å². The largest absolute Gasteiger partial charge is 0.269 e. The lowest BCUT2D eigenvalue weighted by Gasteiger charge is -2.07. The molecule has 1 heterocycles. The summed E-state index contributed by atoms with van der Waals surface area (Å²) < 4.78 is 2.34. The minimum Gasteiger partial charge on any atom is -0.268 e. The van der Waals surface area contributed by atoms with Gasteiger partial charge in [0.25, 0.3) is 11.2 Å². The van der Waals surface area contributed by atoms with E-state index in [0.717, 1.165) is 10.0 Å². The van der Waals surface area contributed by atoms with Crippen LogP contribution in [0.25, 0.3) is 11.3 Å². The number of nitro benzene ring substituents is 1. The lowest BCUT2D eigenvalue weighted by molar-refractivity contribution is -0.384. The molecule has 1 aromatic heterocycles. The van der Waals surface area contributed by atoms with E-state index in [1.807, 2.05) is 24.3 Å². The van der Waals surface area contributed by atoms with Crippen molar-refractivity contribution in [1.29, 1.82) is 0 Å². The highest BCUT2D eigenvalue weighted by Gasteiger charge is 2.08. The van der Waals surface area contributed by atoms with Gasteiger partial charge in [0.2, 0.25) is 0 Å². The van der Waals surface area contributed by atoms with E-state index in [0.29, 0.717) is 17.8 Å². The molecule has 0 aliphatic rings. The van der Waals surface area contributed by atoms with E-state index in [1.54, 1.807) is 18.2 Å². The first-order valence-corrected chi connectivity index (χ1v) is 7.90. The maximum Gasteiger partial charge on any atom is 0.269 e. The molecule has 0 saturated heterocycles. The second-order valence-electron chi connectivity index (χ2n) is 5.14. The summed E-state index contributed by atoms with van der Waals surface area (Å²) in [5, 5.41) is 15.1. The van der Waals surface area contributed by atoms with Gasteiger partial charge >= 0.3 is 0 Å². The topological polar surface area (TPSA) is 78.0 Å². The molecule has 3 aromatic rings. The van der Waals surface area contributed by atoms with E-state index in [1.165, 1.54) is 22.9 Å². The van der Waals surface area contributed by atoms with Crippen molar-refractivity contribution < 1.29 is 4.92 Å². The van der Waals surface area contributed by atoms with E-state index < -0.39 is 4.92 Å². The zero-order valence-electron chi connectivity index (χ0n) is 12.4. The van der Waals surface area contributed by atoms with Crippen LogP contribution in [0, 0.1) is 10.1 Å². The van der Waals surface area contributed by atoms with Crippen molar-refractivity contribution in [2.45, 2.75) is 6.54 Å². The van der Waals surface area contributed by atoms with E-state index in [9.17, 15) is 14.9 Å². The van der Waals surface area contributed by atoms with Crippen LogP contribution in [0.3, 0.4) is 0 Å². The van der Waals surface area contributed by atoms with Gasteiger partial charge in [-0.25, -0.2) is 4.68 Å². The highest BCUT2D eigenvalue weighted by molar-refractivity contribution is 9.10. The monoisotopic (exact) mass is 385 g/mol. The minimum atomic E-state index is -0.453. The normalized spacial score (nSPS) is 10.5. The highest BCUT2D eigenvalue weighted by atomic mass is 79.9. The van der Waals surface area contributed by atoms with Gasteiger partial charge in [0.05, 0.1) is 17.2 Å². The first-order valence-electron chi connectivity index (χ1n) is 7.10. The zero-order chi connectivity index (χ0) is 17.1. The fourth-order valence-electron chi connectivity index (χ4n) is 2.23. The smallest absolute Gasteiger partial charge is 0.268 e. The Bertz CT molecular complexity index is 935. The Balaban J connectivity index is 1.92. The number of rotatable bonds is 4. The van der Waals surface area contributed by atoms with Crippen molar-refractivity contribution in [3.8, 4) is 11.3 Å². The molecule has 0 saturated carbocycles. The number of non-ortho nitro benzene ring substituents is 1. The number of halogens is 1. The molecule has 0 bridgehead atoms. The van der Waals surface area contributed by atoms with Crippen LogP contribution in [0.4, 0.5) is 5.69 Å². The fourth-order valence-corrected chi connectivity index (χ4v) is 2.50. The maximum absolute atomic E-state index is 12.0. The van der Waals surface area contributed by atoms with Gasteiger partial charge in [-0.2, -0.15) is 5.10 Å². The number of hydrogen-bond acceptors (Lipinski definition) is 4. The van der Waals surface area contributed by atoms with Gasteiger partial charge in [0, 0.05) is 28.2 Å². The van der Waals surface area contributed by atoms with Crippen molar-refractivity contribution >= 4 is 21.6 Å². The zero-order valence-corrected chi connectivity index (χ0v) is 14.0. The van der Waals surface area contributed by atoms with Crippen LogP contribution in [0.15, 0.2) is 69.9 Å². The molecule has 0 N–H and O–H groups in total. The predicted octanol–water partition coefficient (Wildman–Crippen LogP) is 3.63. The molecule has 120 valence electrons. The average molecular weight is 386 g/mol. The molecule has 0 fully saturated rings. The van der Waals surface area contributed by atoms with E-state index in [2.05, 4.69) is 21.0 Å². The molecule has 3 rings (SSSR count). The molecule has 2 aromatic carbocycles. The number of benzene rings is 2. The van der Waals surface area contributed by atoms with Gasteiger partial charge < -0.3 is 0 Å². The number of hydrogen-bond donors (Lipinski definition) is 0. The Kier molecular flexibility index (Phi) is 4.52. The first-order chi connectivity index (χ1) is 11.5. The van der Waals surface area contributed by atoms with Crippen LogP contribution in [0.2, 0.25) is 0 Å². The molecule has 6 nitrogen and oxygen atoms in total. The third-order valence-corrected chi connectivity index (χ3v) is 4.01. The molecule has 24 heavy (non-hydrogen) atoms. The molecular formula is C17H12BrN3O3. The summed E-state index contributed by atoms with van der Waals surface area (Å²) in [5.74, 6) is 0. The standard InChI is InChI=1S/C17H12BrN3O3/c18-14-5-1-12(2-6-14)11-20-17(22)10-9-16(19-20)13-3-7-15(8-4-13)21(23)24/h1-10H,11H2. The summed E-state index contributed by atoms with van der Waals surface area (Å²) in [5.41, 5.74) is 2.06. The Morgan fingerprint density at radius 2 is 1.67 bits per heavy atom. The van der Waals surface area contributed by atoms with Gasteiger partial charge in [-0.3, -0.25) is 14.9 Å². The third-order valence-electron chi connectivity index (χ3n) is 3.49. The second-order valence-corrected chi connectivity index (χ2v) is 6.06. The van der Waals surface area contributed by atoms with Crippen LogP contribution >= 0.6 is 15.9 Å². The van der Waals surface area contributed by atoms with Crippen LogP contribution in [0.5, 0.6) is 0 Å². The molecule has 0 aliphatic carbocycles. The average Bonchev–Trinajstić information content (AvgIpc) is 2.59. The third kappa shape index (κ3) is 3.57. The molecule has 0 spiro atoms. The molecular weight excluding hydrogens is 374 g/mol. The number of aromatic nitrogens is 2. The van der Waals surface area contributed by atoms with E-state index in [4.69, 9.17) is 0 Å². The number of nitrogens with zero attached hydrogens (tertiary/aromatic N) is 3. The van der Waals surface area contributed by atoms with Gasteiger partial charge in [0.1, 0.15) is 0 Å². The summed E-state index contributed by atoms with van der Waals surface area (Å²) in [6.45, 7) is 0.354. The quantitative estimate of drug-likeness (QED) is 0.507. The molecule has 0 radical (unpaired) electrons. The summed E-state index contributed by atoms with van der Waals surface area (Å²) >= 11 is 3.37. The second kappa shape index (κ2) is 6.76. The van der Waals surface area contributed by atoms with E-state index in [-0.39, 0.29) is 11.2 Å².